The molecule has 3 aromatic rings. The second-order valence-corrected chi connectivity index (χ2v) is 9.86. The van der Waals surface area contributed by atoms with E-state index in [4.69, 9.17) is 29.2 Å². The Balaban J connectivity index is 0.000000941. The van der Waals surface area contributed by atoms with Crippen molar-refractivity contribution in [1.82, 2.24) is 0 Å². The second kappa shape index (κ2) is 11.1. The van der Waals surface area contributed by atoms with Crippen molar-refractivity contribution < 1.29 is 17.0 Å². The Morgan fingerprint density at radius 3 is 1.14 bits per heavy atom. The number of hydrogen-bond donors (Lipinski definition) is 0. The van der Waals surface area contributed by atoms with Crippen molar-refractivity contribution in [2.45, 2.75) is 41.5 Å². The van der Waals surface area contributed by atoms with Crippen LogP contribution in [0.4, 0.5) is 22.7 Å². The van der Waals surface area contributed by atoms with Gasteiger partial charge < -0.3 is 10.6 Å². The number of nitrogens with zero attached hydrogens (tertiary/aromatic N) is 2. The molecule has 0 spiro atoms. The first-order chi connectivity index (χ1) is 13.8. The van der Waals surface area contributed by atoms with E-state index in [0.29, 0.717) is 0 Å². The molecule has 0 aliphatic rings. The van der Waals surface area contributed by atoms with E-state index in [1.165, 1.54) is 33.4 Å². The second-order valence-electron chi connectivity index (χ2n) is 7.28. The molecule has 0 fully saturated rings. The van der Waals surface area contributed by atoms with Gasteiger partial charge in [0.05, 0.1) is 0 Å². The van der Waals surface area contributed by atoms with Gasteiger partial charge in [0.2, 0.25) is 0 Å². The summed E-state index contributed by atoms with van der Waals surface area (Å²) in [6.07, 6.45) is 0. The van der Waals surface area contributed by atoms with E-state index in [2.05, 4.69) is 65.8 Å². The van der Waals surface area contributed by atoms with Crippen molar-refractivity contribution >= 4 is 41.4 Å². The predicted molar refractivity (Wildman–Crippen MR) is 125 cm³/mol. The molecule has 0 bridgehead atoms. The van der Waals surface area contributed by atoms with Crippen molar-refractivity contribution in [3.05, 3.63) is 92.5 Å². The van der Waals surface area contributed by atoms with Crippen LogP contribution in [-0.2, 0) is 17.0 Å². The van der Waals surface area contributed by atoms with Crippen LogP contribution in [0.15, 0.2) is 48.5 Å². The number of para-hydroxylation sites is 2. The minimum atomic E-state index is -0.556. The molecule has 0 unspecified atom stereocenters. The first-order valence-corrected chi connectivity index (χ1v) is 13.7. The molecule has 0 saturated carbocycles. The van der Waals surface area contributed by atoms with Crippen molar-refractivity contribution in [2.75, 3.05) is 0 Å². The maximum atomic E-state index is 4.96. The first kappa shape index (κ1) is 23.8. The number of benzene rings is 3. The van der Waals surface area contributed by atoms with Gasteiger partial charge >= 0.3 is 35.6 Å². The monoisotopic (exact) mass is 460 g/mol. The average Bonchev–Trinajstić information content (AvgIpc) is 2.62. The van der Waals surface area contributed by atoms with E-state index in [1.807, 2.05) is 24.3 Å². The van der Waals surface area contributed by atoms with Crippen LogP contribution in [0.2, 0.25) is 0 Å². The third-order valence-corrected chi connectivity index (χ3v) is 4.62. The fourth-order valence-electron chi connectivity index (χ4n) is 3.59. The van der Waals surface area contributed by atoms with Crippen LogP contribution in [-0.4, -0.2) is 0 Å². The molecule has 0 atom stereocenters. The van der Waals surface area contributed by atoms with Gasteiger partial charge in [0, 0.05) is 0 Å². The summed E-state index contributed by atoms with van der Waals surface area (Å²) in [6.45, 7) is 12.7. The molecular weight excluding hydrogens is 435 g/mol. The SMILES string of the molecule is Cc1cc(C)c([N-]c2ccccc2[N-]c2c(C)cc(C)cc2C)c(C)c1.[Cl][Ti][Cl]. The molecule has 5 heteroatoms. The molecule has 0 radical (unpaired) electrons. The minimum absolute atomic E-state index is 0.556. The molecule has 3 rings (SSSR count). The van der Waals surface area contributed by atoms with Crippen molar-refractivity contribution in [3.63, 3.8) is 0 Å². The summed E-state index contributed by atoms with van der Waals surface area (Å²) >= 11 is -0.556. The fourth-order valence-corrected chi connectivity index (χ4v) is 3.59. The normalized spacial score (nSPS) is 10.1. The van der Waals surface area contributed by atoms with Gasteiger partial charge in [0.15, 0.2) is 0 Å². The van der Waals surface area contributed by atoms with Gasteiger partial charge in [-0.05, 0) is 41.5 Å². The summed E-state index contributed by atoms with van der Waals surface area (Å²) < 4.78 is 0. The van der Waals surface area contributed by atoms with Crippen LogP contribution in [0.1, 0.15) is 33.4 Å². The Labute approximate surface area is 191 Å². The summed E-state index contributed by atoms with van der Waals surface area (Å²) in [7, 11) is 9.78. The zero-order valence-electron chi connectivity index (χ0n) is 17.8. The summed E-state index contributed by atoms with van der Waals surface area (Å²) in [5.41, 5.74) is 11.2. The van der Waals surface area contributed by atoms with E-state index in [9.17, 15) is 0 Å². The van der Waals surface area contributed by atoms with E-state index in [0.717, 1.165) is 22.7 Å². The molecule has 0 N–H and O–H groups in total. The standard InChI is InChI=1S/C24H26N2.2ClH.Ti/c1-15-11-17(3)23(18(4)12-15)25-21-9-7-8-10-22(21)26-24-19(5)13-16(2)14-20(24)6;;;/h7-14H,1-6H3;2*1H;/q-2;;;+2/p-2. The number of rotatable bonds is 4. The number of hydrogen-bond acceptors (Lipinski definition) is 0. The van der Waals surface area contributed by atoms with Gasteiger partial charge in [-0.15, -0.1) is 11.4 Å². The van der Waals surface area contributed by atoms with E-state index < -0.39 is 17.0 Å². The van der Waals surface area contributed by atoms with Crippen LogP contribution in [0.5, 0.6) is 0 Å². The molecule has 0 amide bonds. The van der Waals surface area contributed by atoms with E-state index in [1.54, 1.807) is 0 Å². The molecule has 0 aliphatic carbocycles. The first-order valence-electron chi connectivity index (χ1n) is 9.41. The van der Waals surface area contributed by atoms with Crippen LogP contribution in [0.25, 0.3) is 10.6 Å². The van der Waals surface area contributed by atoms with Gasteiger partial charge in [-0.1, -0.05) is 81.9 Å². The quantitative estimate of drug-likeness (QED) is 0.346. The third-order valence-electron chi connectivity index (χ3n) is 4.62. The zero-order chi connectivity index (χ0) is 21.6. The molecule has 29 heavy (non-hydrogen) atoms. The van der Waals surface area contributed by atoms with Crippen molar-refractivity contribution in [1.29, 1.82) is 0 Å². The van der Waals surface area contributed by atoms with E-state index >= 15 is 0 Å². The Bertz CT molecular complexity index is 862. The summed E-state index contributed by atoms with van der Waals surface area (Å²) in [5.74, 6) is 0. The zero-order valence-corrected chi connectivity index (χ0v) is 20.8. The van der Waals surface area contributed by atoms with Gasteiger partial charge in [-0.25, -0.2) is 0 Å². The fraction of sp³-hybridized carbons (Fsp3) is 0.250. The number of halogens is 2. The number of aryl methyl sites for hydroxylation is 6. The molecular formula is C24H26Cl2N2Ti-2. The topological polar surface area (TPSA) is 28.2 Å². The van der Waals surface area contributed by atoms with Gasteiger partial charge in [0.25, 0.3) is 0 Å². The summed E-state index contributed by atoms with van der Waals surface area (Å²) in [4.78, 5) is 0. The van der Waals surface area contributed by atoms with Gasteiger partial charge in [-0.3, -0.25) is 0 Å². The Hall–Kier alpha value is -1.45. The van der Waals surface area contributed by atoms with E-state index in [-0.39, 0.29) is 0 Å². The summed E-state index contributed by atoms with van der Waals surface area (Å²) in [6, 6.07) is 16.8. The molecule has 0 aromatic heterocycles. The van der Waals surface area contributed by atoms with Crippen LogP contribution < -0.4 is 0 Å². The summed E-state index contributed by atoms with van der Waals surface area (Å²) in [5, 5.41) is 9.92. The molecule has 3 aromatic carbocycles. The van der Waals surface area contributed by atoms with Crippen LogP contribution in [0, 0.1) is 41.5 Å². The van der Waals surface area contributed by atoms with Gasteiger partial charge in [0.1, 0.15) is 0 Å². The molecule has 2 nitrogen and oxygen atoms in total. The average molecular weight is 461 g/mol. The van der Waals surface area contributed by atoms with Crippen LogP contribution >= 0.6 is 18.6 Å². The Morgan fingerprint density at radius 2 is 0.862 bits per heavy atom. The molecule has 0 heterocycles. The third kappa shape index (κ3) is 6.52. The Kier molecular flexibility index (Phi) is 9.11. The molecule has 0 saturated heterocycles. The van der Waals surface area contributed by atoms with Crippen molar-refractivity contribution in [3.8, 4) is 0 Å². The van der Waals surface area contributed by atoms with Gasteiger partial charge in [-0.2, -0.15) is 11.4 Å². The van der Waals surface area contributed by atoms with Crippen molar-refractivity contribution in [2.24, 2.45) is 0 Å². The predicted octanol–water partition coefficient (Wildman–Crippen LogP) is 9.59. The van der Waals surface area contributed by atoms with Crippen LogP contribution in [0.3, 0.4) is 0 Å². The maximum absolute atomic E-state index is 4.96. The molecule has 152 valence electrons. The Morgan fingerprint density at radius 1 is 0.586 bits per heavy atom. The molecule has 0 aliphatic heterocycles.